The molecule has 10 heteroatoms. The van der Waals surface area contributed by atoms with Crippen LogP contribution in [0.5, 0.6) is 0 Å². The molecular weight excluding hydrogens is 456 g/mol. The van der Waals surface area contributed by atoms with Crippen LogP contribution in [0.1, 0.15) is 46.8 Å². The predicted molar refractivity (Wildman–Crippen MR) is 135 cm³/mol. The molecular formula is C26H26N8O2. The number of nitriles is 1. The van der Waals surface area contributed by atoms with Gasteiger partial charge in [-0.15, -0.1) is 5.10 Å². The number of benzene rings is 2. The summed E-state index contributed by atoms with van der Waals surface area (Å²) in [6.45, 7) is 5.64. The fourth-order valence-corrected chi connectivity index (χ4v) is 4.50. The smallest absolute Gasteiger partial charge is 0.321 e. The summed E-state index contributed by atoms with van der Waals surface area (Å²) < 4.78 is 1.68. The van der Waals surface area contributed by atoms with Crippen molar-refractivity contribution in [1.82, 2.24) is 29.9 Å². The fraction of sp³-hybridized carbons (Fsp3) is 0.308. The average Bonchev–Trinajstić information content (AvgIpc) is 3.30. The summed E-state index contributed by atoms with van der Waals surface area (Å²) in [6.07, 6.45) is 1.35. The lowest BCUT2D eigenvalue weighted by Crippen LogP contribution is -2.41. The molecule has 3 heterocycles. The Labute approximate surface area is 207 Å². The van der Waals surface area contributed by atoms with Gasteiger partial charge in [0.1, 0.15) is 5.82 Å². The van der Waals surface area contributed by atoms with Crippen molar-refractivity contribution < 1.29 is 4.79 Å². The number of nitrogens with zero attached hydrogens (tertiary/aromatic N) is 6. The molecule has 1 aliphatic heterocycles. The summed E-state index contributed by atoms with van der Waals surface area (Å²) in [5, 5.41) is 20.1. The average molecular weight is 483 g/mol. The number of rotatable bonds is 4. The van der Waals surface area contributed by atoms with Crippen LogP contribution in [-0.4, -0.2) is 49.0 Å². The first-order valence-corrected chi connectivity index (χ1v) is 11.9. The van der Waals surface area contributed by atoms with Gasteiger partial charge in [0.2, 0.25) is 0 Å². The van der Waals surface area contributed by atoms with E-state index < -0.39 is 0 Å². The first-order valence-electron chi connectivity index (χ1n) is 11.9. The van der Waals surface area contributed by atoms with Gasteiger partial charge < -0.3 is 15.2 Å². The second-order valence-electron chi connectivity index (χ2n) is 9.18. The number of H-pyrrole nitrogens is 1. The molecule has 1 aliphatic rings. The third kappa shape index (κ3) is 4.68. The van der Waals surface area contributed by atoms with E-state index in [1.807, 2.05) is 13.8 Å². The van der Waals surface area contributed by atoms with Gasteiger partial charge in [-0.1, -0.05) is 29.0 Å². The third-order valence-electron chi connectivity index (χ3n) is 6.65. The predicted octanol–water partition coefficient (Wildman–Crippen LogP) is 3.46. The van der Waals surface area contributed by atoms with E-state index in [4.69, 9.17) is 10.2 Å². The molecule has 36 heavy (non-hydrogen) atoms. The van der Waals surface area contributed by atoms with E-state index in [0.29, 0.717) is 55.2 Å². The molecule has 182 valence electrons. The standard InChI is InChI=1S/C26H26N8O2/c1-16-3-4-17(2)20(13-16)15-34-24-22(31-32-34)25(35)30-23(29-24)19-9-11-33(12-10-19)26(36)28-21-7-5-18(14-27)6-8-21/h3-8,13,19H,9-12,15H2,1-2H3,(H,28,36)(H,29,30,35). The van der Waals surface area contributed by atoms with Crippen molar-refractivity contribution in [2.24, 2.45) is 0 Å². The Morgan fingerprint density at radius 2 is 1.92 bits per heavy atom. The van der Waals surface area contributed by atoms with Crippen LogP contribution < -0.4 is 10.9 Å². The highest BCUT2D eigenvalue weighted by molar-refractivity contribution is 5.89. The highest BCUT2D eigenvalue weighted by Crippen LogP contribution is 2.26. The van der Waals surface area contributed by atoms with Crippen LogP contribution in [0.2, 0.25) is 0 Å². The summed E-state index contributed by atoms with van der Waals surface area (Å²) >= 11 is 0. The number of carbonyl (C=O) groups is 1. The SMILES string of the molecule is Cc1ccc(C)c(Cn2nnc3c(=O)[nH]c(C4CCN(C(=O)Nc5ccc(C#N)cc5)CC4)nc32)c1. The monoisotopic (exact) mass is 482 g/mol. The van der Waals surface area contributed by atoms with Gasteiger partial charge in [0.25, 0.3) is 5.56 Å². The Morgan fingerprint density at radius 1 is 1.17 bits per heavy atom. The molecule has 1 fully saturated rings. The number of likely N-dealkylation sites (tertiary alicyclic amines) is 1. The number of anilines is 1. The van der Waals surface area contributed by atoms with Crippen LogP contribution in [0.25, 0.3) is 11.2 Å². The van der Waals surface area contributed by atoms with Crippen molar-refractivity contribution in [2.45, 2.75) is 39.2 Å². The molecule has 4 aromatic rings. The molecule has 5 rings (SSSR count). The zero-order chi connectivity index (χ0) is 25.2. The van der Waals surface area contributed by atoms with Gasteiger partial charge >= 0.3 is 6.03 Å². The summed E-state index contributed by atoms with van der Waals surface area (Å²) in [5.74, 6) is 0.620. The maximum absolute atomic E-state index is 12.7. The van der Waals surface area contributed by atoms with Gasteiger partial charge in [0, 0.05) is 24.7 Å². The summed E-state index contributed by atoms with van der Waals surface area (Å²) in [7, 11) is 0. The number of aromatic nitrogens is 5. The number of aryl methyl sites for hydroxylation is 2. The Balaban J connectivity index is 1.29. The van der Waals surface area contributed by atoms with Crippen molar-refractivity contribution in [1.29, 1.82) is 5.26 Å². The lowest BCUT2D eigenvalue weighted by Gasteiger charge is -2.31. The fourth-order valence-electron chi connectivity index (χ4n) is 4.50. The minimum atomic E-state index is -0.303. The van der Waals surface area contributed by atoms with Gasteiger partial charge in [0.15, 0.2) is 11.2 Å². The van der Waals surface area contributed by atoms with E-state index in [9.17, 15) is 9.59 Å². The summed E-state index contributed by atoms with van der Waals surface area (Å²) in [4.78, 5) is 34.8. The van der Waals surface area contributed by atoms with Crippen molar-refractivity contribution in [3.63, 3.8) is 0 Å². The van der Waals surface area contributed by atoms with E-state index >= 15 is 0 Å². The molecule has 2 aromatic carbocycles. The first kappa shape index (κ1) is 23.2. The molecule has 0 saturated carbocycles. The topological polar surface area (TPSA) is 133 Å². The Hall–Kier alpha value is -4.52. The molecule has 0 atom stereocenters. The number of nitrogens with one attached hydrogen (secondary N) is 2. The highest BCUT2D eigenvalue weighted by atomic mass is 16.2. The van der Waals surface area contributed by atoms with E-state index in [-0.39, 0.29) is 23.0 Å². The van der Waals surface area contributed by atoms with E-state index in [2.05, 4.69) is 44.9 Å². The quantitative estimate of drug-likeness (QED) is 0.458. The number of amides is 2. The van der Waals surface area contributed by atoms with Crippen molar-refractivity contribution >= 4 is 22.9 Å². The molecule has 0 bridgehead atoms. The minimum absolute atomic E-state index is 0.0186. The maximum atomic E-state index is 12.7. The molecule has 0 aliphatic carbocycles. The third-order valence-corrected chi connectivity index (χ3v) is 6.65. The summed E-state index contributed by atoms with van der Waals surface area (Å²) in [5.41, 5.74) is 4.97. The Morgan fingerprint density at radius 3 is 2.64 bits per heavy atom. The van der Waals surface area contributed by atoms with Gasteiger partial charge in [-0.3, -0.25) is 4.79 Å². The van der Waals surface area contributed by atoms with Crippen LogP contribution in [-0.2, 0) is 6.54 Å². The molecule has 2 amide bonds. The van der Waals surface area contributed by atoms with E-state index in [0.717, 1.165) is 16.7 Å². The van der Waals surface area contributed by atoms with Crippen LogP contribution in [0.15, 0.2) is 47.3 Å². The van der Waals surface area contributed by atoms with E-state index in [1.165, 1.54) is 0 Å². The zero-order valence-electron chi connectivity index (χ0n) is 20.2. The molecule has 2 N–H and O–H groups in total. The molecule has 1 saturated heterocycles. The van der Waals surface area contributed by atoms with Crippen LogP contribution in [0, 0.1) is 25.2 Å². The Kier molecular flexibility index (Phi) is 6.21. The van der Waals surface area contributed by atoms with Crippen LogP contribution >= 0.6 is 0 Å². The minimum Gasteiger partial charge on any atom is -0.324 e. The second-order valence-corrected chi connectivity index (χ2v) is 9.18. The molecule has 0 unspecified atom stereocenters. The highest BCUT2D eigenvalue weighted by Gasteiger charge is 2.26. The van der Waals surface area contributed by atoms with Gasteiger partial charge in [-0.25, -0.2) is 14.5 Å². The second kappa shape index (κ2) is 9.62. The van der Waals surface area contributed by atoms with Gasteiger partial charge in [0.05, 0.1) is 18.2 Å². The Bertz CT molecular complexity index is 1520. The maximum Gasteiger partial charge on any atom is 0.321 e. The number of urea groups is 1. The molecule has 2 aromatic heterocycles. The molecule has 0 radical (unpaired) electrons. The lowest BCUT2D eigenvalue weighted by molar-refractivity contribution is 0.193. The largest absolute Gasteiger partial charge is 0.324 e. The number of hydrogen-bond acceptors (Lipinski definition) is 6. The molecule has 0 spiro atoms. The van der Waals surface area contributed by atoms with Gasteiger partial charge in [-0.2, -0.15) is 5.26 Å². The van der Waals surface area contributed by atoms with E-state index in [1.54, 1.807) is 33.8 Å². The number of piperidine rings is 1. The van der Waals surface area contributed by atoms with Crippen molar-refractivity contribution in [2.75, 3.05) is 18.4 Å². The van der Waals surface area contributed by atoms with Crippen LogP contribution in [0.4, 0.5) is 10.5 Å². The van der Waals surface area contributed by atoms with Gasteiger partial charge in [-0.05, 0) is 62.1 Å². The normalized spacial score (nSPS) is 14.1. The number of aromatic amines is 1. The van der Waals surface area contributed by atoms with Crippen molar-refractivity contribution in [3.8, 4) is 6.07 Å². The first-order chi connectivity index (χ1) is 17.4. The van der Waals surface area contributed by atoms with Crippen LogP contribution in [0.3, 0.4) is 0 Å². The number of hydrogen-bond donors (Lipinski definition) is 2. The van der Waals surface area contributed by atoms with Crippen molar-refractivity contribution in [3.05, 3.63) is 80.9 Å². The molecule has 10 nitrogen and oxygen atoms in total. The zero-order valence-corrected chi connectivity index (χ0v) is 20.2. The number of carbonyl (C=O) groups excluding carboxylic acids is 1. The lowest BCUT2D eigenvalue weighted by atomic mass is 9.96. The summed E-state index contributed by atoms with van der Waals surface area (Å²) in [6, 6.07) is 14.9. The number of fused-ring (bicyclic) bond motifs is 1.